The van der Waals surface area contributed by atoms with Gasteiger partial charge in [-0.2, -0.15) is 0 Å². The Morgan fingerprint density at radius 2 is 2.21 bits per heavy atom. The number of hydrogen-bond acceptors (Lipinski definition) is 1. The molecule has 1 nitrogen and oxygen atoms in total. The van der Waals surface area contributed by atoms with E-state index in [0.717, 1.165) is 12.1 Å². The van der Waals surface area contributed by atoms with E-state index < -0.39 is 0 Å². The van der Waals surface area contributed by atoms with Gasteiger partial charge in [-0.3, -0.25) is 4.98 Å². The van der Waals surface area contributed by atoms with Crippen LogP contribution in [-0.4, -0.2) is 4.98 Å². The predicted molar refractivity (Wildman–Crippen MR) is 59.2 cm³/mol. The van der Waals surface area contributed by atoms with Gasteiger partial charge < -0.3 is 0 Å². The van der Waals surface area contributed by atoms with E-state index >= 15 is 0 Å². The maximum atomic E-state index is 4.32. The zero-order valence-electron chi connectivity index (χ0n) is 8.79. The summed E-state index contributed by atoms with van der Waals surface area (Å²) in [6.45, 7) is 2.03. The average molecular weight is 187 g/mol. The molecule has 0 radical (unpaired) electrons. The molecule has 2 rings (SSSR count). The largest absolute Gasteiger partial charge is 0.261 e. The van der Waals surface area contributed by atoms with Crippen LogP contribution in [0.25, 0.3) is 0 Å². The van der Waals surface area contributed by atoms with Crippen molar-refractivity contribution in [3.05, 3.63) is 41.2 Å². The predicted octanol–water partition coefficient (Wildman–Crippen LogP) is 3.43. The van der Waals surface area contributed by atoms with Crippen LogP contribution in [0.2, 0.25) is 0 Å². The fraction of sp³-hybridized carbons (Fsp3) is 0.462. The summed E-state index contributed by atoms with van der Waals surface area (Å²) in [5.74, 6) is 0. The minimum Gasteiger partial charge on any atom is -0.261 e. The van der Waals surface area contributed by atoms with Crippen molar-refractivity contribution in [1.29, 1.82) is 0 Å². The van der Waals surface area contributed by atoms with Crippen LogP contribution in [0.4, 0.5) is 0 Å². The zero-order valence-corrected chi connectivity index (χ0v) is 8.79. The normalized spacial score (nSPS) is 16.5. The van der Waals surface area contributed by atoms with Gasteiger partial charge in [-0.05, 0) is 50.7 Å². The van der Waals surface area contributed by atoms with Crippen LogP contribution in [0, 0.1) is 6.92 Å². The summed E-state index contributed by atoms with van der Waals surface area (Å²) in [4.78, 5) is 4.32. The third-order valence-corrected chi connectivity index (χ3v) is 2.79. The van der Waals surface area contributed by atoms with Gasteiger partial charge in [-0.15, -0.1) is 0 Å². The highest BCUT2D eigenvalue weighted by molar-refractivity contribution is 5.21. The molecule has 0 spiro atoms. The van der Waals surface area contributed by atoms with Crippen molar-refractivity contribution in [3.8, 4) is 0 Å². The molecule has 1 aliphatic rings. The highest BCUT2D eigenvalue weighted by Gasteiger charge is 2.04. The summed E-state index contributed by atoms with van der Waals surface area (Å²) >= 11 is 0. The van der Waals surface area contributed by atoms with Gasteiger partial charge in [0.2, 0.25) is 0 Å². The highest BCUT2D eigenvalue weighted by atomic mass is 14.7. The monoisotopic (exact) mass is 187 g/mol. The van der Waals surface area contributed by atoms with Gasteiger partial charge in [0.1, 0.15) is 0 Å². The summed E-state index contributed by atoms with van der Waals surface area (Å²) < 4.78 is 0. The quantitative estimate of drug-likeness (QED) is 0.646. The molecule has 0 saturated heterocycles. The number of aryl methyl sites for hydroxylation is 1. The maximum absolute atomic E-state index is 4.32. The lowest BCUT2D eigenvalue weighted by molar-refractivity contribution is 0.688. The SMILES string of the molecule is Cc1ccc(CC2=CCCCC2)cn1. The maximum Gasteiger partial charge on any atom is 0.0372 e. The second-order valence-corrected chi connectivity index (χ2v) is 4.09. The third kappa shape index (κ3) is 2.44. The average Bonchev–Trinajstić information content (AvgIpc) is 2.23. The first-order chi connectivity index (χ1) is 6.84. The fourth-order valence-electron chi connectivity index (χ4n) is 1.93. The highest BCUT2D eigenvalue weighted by Crippen LogP contribution is 2.20. The molecule has 1 heterocycles. The van der Waals surface area contributed by atoms with Crippen molar-refractivity contribution in [3.63, 3.8) is 0 Å². The summed E-state index contributed by atoms with van der Waals surface area (Å²) in [5, 5.41) is 0. The molecule has 0 fully saturated rings. The zero-order chi connectivity index (χ0) is 9.80. The Bertz CT molecular complexity index is 322. The third-order valence-electron chi connectivity index (χ3n) is 2.79. The number of allylic oxidation sites excluding steroid dienone is 2. The summed E-state index contributed by atoms with van der Waals surface area (Å²) in [6, 6.07) is 4.29. The van der Waals surface area contributed by atoms with Crippen molar-refractivity contribution >= 4 is 0 Å². The molecule has 0 amide bonds. The molecule has 14 heavy (non-hydrogen) atoms. The van der Waals surface area contributed by atoms with Crippen LogP contribution in [0.15, 0.2) is 30.0 Å². The molecule has 1 heteroatoms. The Balaban J connectivity index is 2.03. The summed E-state index contributed by atoms with van der Waals surface area (Å²) in [6.07, 6.45) is 10.8. The molecular weight excluding hydrogens is 170 g/mol. The number of hydrogen-bond donors (Lipinski definition) is 0. The standard InChI is InChI=1S/C13H17N/c1-11-7-8-13(10-14-11)9-12-5-3-2-4-6-12/h5,7-8,10H,2-4,6,9H2,1H3. The number of pyridine rings is 1. The van der Waals surface area contributed by atoms with E-state index in [9.17, 15) is 0 Å². The van der Waals surface area contributed by atoms with Crippen LogP contribution in [0.1, 0.15) is 36.9 Å². The van der Waals surface area contributed by atoms with Gasteiger partial charge >= 0.3 is 0 Å². The van der Waals surface area contributed by atoms with Gasteiger partial charge in [0.15, 0.2) is 0 Å². The van der Waals surface area contributed by atoms with Crippen LogP contribution >= 0.6 is 0 Å². The molecule has 0 atom stereocenters. The van der Waals surface area contributed by atoms with E-state index in [2.05, 4.69) is 23.2 Å². The molecule has 0 N–H and O–H groups in total. The minimum absolute atomic E-state index is 1.10. The first-order valence-electron chi connectivity index (χ1n) is 5.44. The lowest BCUT2D eigenvalue weighted by Crippen LogP contribution is -1.96. The molecular formula is C13H17N. The number of nitrogens with zero attached hydrogens (tertiary/aromatic N) is 1. The Morgan fingerprint density at radius 1 is 1.29 bits per heavy atom. The molecule has 1 aromatic rings. The molecule has 1 aromatic heterocycles. The molecule has 0 saturated carbocycles. The van der Waals surface area contributed by atoms with Crippen LogP contribution in [0.3, 0.4) is 0 Å². The molecule has 0 aromatic carbocycles. The minimum atomic E-state index is 1.10. The van der Waals surface area contributed by atoms with Crippen molar-refractivity contribution in [2.75, 3.05) is 0 Å². The van der Waals surface area contributed by atoms with E-state index in [1.54, 1.807) is 5.57 Å². The molecule has 0 unspecified atom stereocenters. The van der Waals surface area contributed by atoms with Crippen LogP contribution < -0.4 is 0 Å². The van der Waals surface area contributed by atoms with E-state index in [0.29, 0.717) is 0 Å². The van der Waals surface area contributed by atoms with Gasteiger partial charge in [0, 0.05) is 11.9 Å². The number of aromatic nitrogens is 1. The Hall–Kier alpha value is -1.11. The van der Waals surface area contributed by atoms with Gasteiger partial charge in [0.05, 0.1) is 0 Å². The molecule has 0 bridgehead atoms. The Kier molecular flexibility index (Phi) is 2.97. The molecule has 0 aliphatic heterocycles. The number of rotatable bonds is 2. The van der Waals surface area contributed by atoms with E-state index in [1.165, 1.54) is 31.2 Å². The van der Waals surface area contributed by atoms with Gasteiger partial charge in [0.25, 0.3) is 0 Å². The van der Waals surface area contributed by atoms with E-state index in [4.69, 9.17) is 0 Å². The van der Waals surface area contributed by atoms with Crippen molar-refractivity contribution in [2.24, 2.45) is 0 Å². The Morgan fingerprint density at radius 3 is 2.86 bits per heavy atom. The summed E-state index contributed by atoms with van der Waals surface area (Å²) in [5.41, 5.74) is 4.05. The molecule has 74 valence electrons. The van der Waals surface area contributed by atoms with Crippen molar-refractivity contribution in [2.45, 2.75) is 39.0 Å². The van der Waals surface area contributed by atoms with Crippen molar-refractivity contribution < 1.29 is 0 Å². The van der Waals surface area contributed by atoms with Crippen LogP contribution in [0.5, 0.6) is 0 Å². The smallest absolute Gasteiger partial charge is 0.0372 e. The first kappa shape index (κ1) is 9.45. The van der Waals surface area contributed by atoms with E-state index in [-0.39, 0.29) is 0 Å². The Labute approximate surface area is 85.9 Å². The fourth-order valence-corrected chi connectivity index (χ4v) is 1.93. The molecule has 1 aliphatic carbocycles. The van der Waals surface area contributed by atoms with Crippen LogP contribution in [-0.2, 0) is 6.42 Å². The topological polar surface area (TPSA) is 12.9 Å². The second-order valence-electron chi connectivity index (χ2n) is 4.09. The van der Waals surface area contributed by atoms with Gasteiger partial charge in [-0.1, -0.05) is 17.7 Å². The van der Waals surface area contributed by atoms with Gasteiger partial charge in [-0.25, -0.2) is 0 Å². The first-order valence-corrected chi connectivity index (χ1v) is 5.44. The second kappa shape index (κ2) is 4.41. The lowest BCUT2D eigenvalue weighted by atomic mass is 9.95. The lowest BCUT2D eigenvalue weighted by Gasteiger charge is -2.12. The van der Waals surface area contributed by atoms with Crippen molar-refractivity contribution in [1.82, 2.24) is 4.98 Å². The van der Waals surface area contributed by atoms with E-state index in [1.807, 2.05) is 13.1 Å². The summed E-state index contributed by atoms with van der Waals surface area (Å²) in [7, 11) is 0.